The third kappa shape index (κ3) is 7.94. The summed E-state index contributed by atoms with van der Waals surface area (Å²) < 4.78 is 112. The molecule has 0 fully saturated rings. The summed E-state index contributed by atoms with van der Waals surface area (Å²) in [5.74, 6) is -2.58. The zero-order valence-electron chi connectivity index (χ0n) is 22.9. The molecule has 0 atom stereocenters. The second kappa shape index (κ2) is 12.9. The first kappa shape index (κ1) is 32.9. The molecular weight excluding hydrogens is 624 g/mol. The third-order valence-corrected chi connectivity index (χ3v) is 6.14. The van der Waals surface area contributed by atoms with E-state index in [9.17, 15) is 44.7 Å². The van der Waals surface area contributed by atoms with E-state index in [1.807, 2.05) is 0 Å². The summed E-state index contributed by atoms with van der Waals surface area (Å²) in [5.41, 5.74) is -3.02. The number of aromatic nitrogens is 3. The van der Waals surface area contributed by atoms with E-state index in [2.05, 4.69) is 25.9 Å². The number of imidazole rings is 1. The number of hydrogen-bond donors (Lipinski definition) is 4. The summed E-state index contributed by atoms with van der Waals surface area (Å²) in [6.45, 7) is -2.22. The summed E-state index contributed by atoms with van der Waals surface area (Å²) in [6.07, 6.45) is -12.4. The molecule has 4 N–H and O–H groups in total. The van der Waals surface area contributed by atoms with E-state index >= 15 is 0 Å². The number of rotatable bonds is 10. The molecule has 0 aliphatic carbocycles. The van der Waals surface area contributed by atoms with E-state index in [4.69, 9.17) is 9.84 Å². The number of aliphatic hydroxyl groups is 1. The first-order valence-corrected chi connectivity index (χ1v) is 12.7. The van der Waals surface area contributed by atoms with Gasteiger partial charge in [0.15, 0.2) is 12.3 Å². The van der Waals surface area contributed by atoms with Crippen molar-refractivity contribution in [3.8, 4) is 5.88 Å². The molecule has 4 rings (SSSR count). The zero-order chi connectivity index (χ0) is 33.1. The first-order valence-electron chi connectivity index (χ1n) is 12.7. The molecule has 4 aromatic rings. The van der Waals surface area contributed by atoms with Crippen LogP contribution in [0.3, 0.4) is 0 Å². The Kier molecular flexibility index (Phi) is 9.45. The molecule has 0 spiro atoms. The minimum atomic E-state index is -4.82. The Balaban J connectivity index is 1.71. The highest BCUT2D eigenvalue weighted by Crippen LogP contribution is 2.37. The first-order chi connectivity index (χ1) is 21.1. The van der Waals surface area contributed by atoms with E-state index < -0.39 is 72.1 Å². The molecule has 0 aliphatic heterocycles. The van der Waals surface area contributed by atoms with Gasteiger partial charge in [-0.15, -0.1) is 0 Å². The van der Waals surface area contributed by atoms with Crippen LogP contribution in [-0.2, 0) is 30.7 Å². The molecule has 0 saturated heterocycles. The minimum absolute atomic E-state index is 0.0778. The fourth-order valence-corrected chi connectivity index (χ4v) is 3.99. The Morgan fingerprint density at radius 2 is 1.67 bits per heavy atom. The quantitative estimate of drug-likeness (QED) is 0.173. The lowest BCUT2D eigenvalue weighted by molar-refractivity contribution is -0.138. The number of aliphatic hydroxyl groups excluding tert-OH is 1. The molecule has 18 heteroatoms. The number of carbonyl (C=O) groups excluding carboxylic acids is 2. The van der Waals surface area contributed by atoms with E-state index in [0.717, 1.165) is 36.4 Å². The van der Waals surface area contributed by atoms with Crippen molar-refractivity contribution < 1.29 is 54.6 Å². The number of pyridine rings is 1. The van der Waals surface area contributed by atoms with Crippen molar-refractivity contribution >= 4 is 40.3 Å². The number of fused-ring (bicyclic) bond motifs is 1. The van der Waals surface area contributed by atoms with Crippen LogP contribution in [-0.4, -0.2) is 51.1 Å². The molecule has 2 aromatic heterocycles. The number of amides is 2. The molecule has 2 aromatic carbocycles. The summed E-state index contributed by atoms with van der Waals surface area (Å²) >= 11 is 0. The van der Waals surface area contributed by atoms with E-state index in [0.29, 0.717) is 12.1 Å². The maximum absolute atomic E-state index is 13.8. The Labute approximate surface area is 248 Å². The van der Waals surface area contributed by atoms with Gasteiger partial charge in [0.05, 0.1) is 16.8 Å². The molecule has 0 aliphatic rings. The van der Waals surface area contributed by atoms with Crippen molar-refractivity contribution in [2.45, 2.75) is 25.3 Å². The average Bonchev–Trinajstić information content (AvgIpc) is 3.27. The van der Waals surface area contributed by atoms with Crippen LogP contribution in [0.15, 0.2) is 48.5 Å². The molecule has 0 saturated carbocycles. The van der Waals surface area contributed by atoms with E-state index in [1.54, 1.807) is 0 Å². The van der Waals surface area contributed by atoms with Crippen molar-refractivity contribution in [2.24, 2.45) is 7.05 Å². The zero-order valence-corrected chi connectivity index (χ0v) is 22.9. The van der Waals surface area contributed by atoms with Crippen LogP contribution < -0.4 is 20.7 Å². The van der Waals surface area contributed by atoms with Gasteiger partial charge in [-0.2, -0.15) is 31.3 Å². The number of nitrogens with zero attached hydrogens (tertiary/aromatic N) is 3. The number of benzene rings is 2. The summed E-state index contributed by atoms with van der Waals surface area (Å²) in [6, 6.07) is 7.42. The SMILES string of the molecule is Cn1c(Nc2cc(CNC(=O)CO)ccc2C(F)(F)F)nc2cc(C(=O)Nc3ccc(C(F)(F)F)cc3)c(OCC(F)F)nc21. The van der Waals surface area contributed by atoms with Gasteiger partial charge in [0.2, 0.25) is 17.7 Å². The average molecular weight is 646 g/mol. The molecular formula is C27H22F8N6O4. The normalized spacial score (nSPS) is 12.0. The number of hydrogen-bond acceptors (Lipinski definition) is 7. The van der Waals surface area contributed by atoms with Crippen LogP contribution in [0.5, 0.6) is 5.88 Å². The second-order valence-corrected chi connectivity index (χ2v) is 9.35. The third-order valence-electron chi connectivity index (χ3n) is 6.14. The van der Waals surface area contributed by atoms with E-state index in [-0.39, 0.29) is 34.9 Å². The molecule has 10 nitrogen and oxygen atoms in total. The Morgan fingerprint density at radius 3 is 2.27 bits per heavy atom. The highest BCUT2D eigenvalue weighted by molar-refractivity contribution is 6.07. The van der Waals surface area contributed by atoms with Crippen molar-refractivity contribution in [1.82, 2.24) is 19.9 Å². The van der Waals surface area contributed by atoms with Crippen LogP contribution in [0.25, 0.3) is 11.2 Å². The van der Waals surface area contributed by atoms with Crippen LogP contribution in [0.2, 0.25) is 0 Å². The Bertz CT molecular complexity index is 1700. The predicted molar refractivity (Wildman–Crippen MR) is 143 cm³/mol. The number of ether oxygens (including phenoxy) is 1. The molecule has 0 bridgehead atoms. The monoisotopic (exact) mass is 646 g/mol. The van der Waals surface area contributed by atoms with Crippen molar-refractivity contribution in [2.75, 3.05) is 23.8 Å². The Hall–Kier alpha value is -5.00. The summed E-state index contributed by atoms with van der Waals surface area (Å²) in [4.78, 5) is 32.7. The molecule has 0 radical (unpaired) electrons. The van der Waals surface area contributed by atoms with Gasteiger partial charge >= 0.3 is 12.4 Å². The topological polar surface area (TPSA) is 130 Å². The maximum Gasteiger partial charge on any atom is 0.418 e. The molecule has 2 amide bonds. The summed E-state index contributed by atoms with van der Waals surface area (Å²) in [7, 11) is 1.34. The highest BCUT2D eigenvalue weighted by Gasteiger charge is 2.34. The standard InChI is InChI=1S/C27H22F8N6O4/c1-41-22-19(39-25(41)38-18-8-13(10-36-21(43)11-42)2-7-17(18)27(33,34)35)9-16(24(40-22)45-12-20(28)29)23(44)37-15-5-3-14(4-6-15)26(30,31)32/h2-9,20,42H,10-12H2,1H3,(H,36,43)(H,37,44)(H,38,39). The molecule has 0 unspecified atom stereocenters. The lowest BCUT2D eigenvalue weighted by atomic mass is 10.1. The minimum Gasteiger partial charge on any atom is -0.471 e. The molecule has 45 heavy (non-hydrogen) atoms. The van der Waals surface area contributed by atoms with Gasteiger partial charge < -0.3 is 25.8 Å². The number of alkyl halides is 8. The lowest BCUT2D eigenvalue weighted by Crippen LogP contribution is -2.25. The van der Waals surface area contributed by atoms with Gasteiger partial charge in [0.25, 0.3) is 12.3 Å². The Morgan fingerprint density at radius 1 is 0.978 bits per heavy atom. The largest absolute Gasteiger partial charge is 0.471 e. The van der Waals surface area contributed by atoms with E-state index in [1.165, 1.54) is 11.6 Å². The fourth-order valence-electron chi connectivity index (χ4n) is 3.99. The van der Waals surface area contributed by atoms with Crippen molar-refractivity contribution in [1.29, 1.82) is 0 Å². The molecule has 240 valence electrons. The van der Waals surface area contributed by atoms with Gasteiger partial charge in [0, 0.05) is 19.3 Å². The lowest BCUT2D eigenvalue weighted by Gasteiger charge is -2.16. The maximum atomic E-state index is 13.8. The van der Waals surface area contributed by atoms with Crippen LogP contribution in [0.1, 0.15) is 27.0 Å². The second-order valence-electron chi connectivity index (χ2n) is 9.35. The van der Waals surface area contributed by atoms with Gasteiger partial charge in [-0.3, -0.25) is 14.2 Å². The van der Waals surface area contributed by atoms with Crippen LogP contribution >= 0.6 is 0 Å². The number of halogens is 8. The smallest absolute Gasteiger partial charge is 0.418 e. The number of nitrogens with one attached hydrogen (secondary N) is 3. The number of anilines is 3. The van der Waals surface area contributed by atoms with Gasteiger partial charge in [-0.25, -0.2) is 13.8 Å². The number of carbonyl (C=O) groups is 2. The molecule has 2 heterocycles. The van der Waals surface area contributed by atoms with Crippen molar-refractivity contribution in [3.05, 3.63) is 70.8 Å². The predicted octanol–water partition coefficient (Wildman–Crippen LogP) is 5.25. The highest BCUT2D eigenvalue weighted by atomic mass is 19.4. The van der Waals surface area contributed by atoms with Gasteiger partial charge in [0.1, 0.15) is 17.7 Å². The summed E-state index contributed by atoms with van der Waals surface area (Å²) in [5, 5.41) is 16.0. The number of aryl methyl sites for hydroxylation is 1. The van der Waals surface area contributed by atoms with Gasteiger partial charge in [-0.1, -0.05) is 6.07 Å². The fraction of sp³-hybridized carbons (Fsp3) is 0.259. The van der Waals surface area contributed by atoms with Crippen LogP contribution in [0, 0.1) is 0 Å². The van der Waals surface area contributed by atoms with Crippen molar-refractivity contribution in [3.63, 3.8) is 0 Å². The van der Waals surface area contributed by atoms with Gasteiger partial charge in [-0.05, 0) is 48.0 Å². The van der Waals surface area contributed by atoms with Crippen LogP contribution in [0.4, 0.5) is 52.4 Å².